The van der Waals surface area contributed by atoms with E-state index in [0.29, 0.717) is 0 Å². The van der Waals surface area contributed by atoms with Gasteiger partial charge in [0.05, 0.1) is 5.56 Å². The van der Waals surface area contributed by atoms with E-state index in [-0.39, 0.29) is 15.8 Å². The molecule has 0 saturated heterocycles. The molecule has 2 nitrogen and oxygen atoms in total. The highest BCUT2D eigenvalue weighted by molar-refractivity contribution is 9.10. The largest absolute Gasteiger partial charge is 0.417 e. The molecule has 1 aliphatic carbocycles. The van der Waals surface area contributed by atoms with Gasteiger partial charge in [0.15, 0.2) is 0 Å². The molecule has 0 spiro atoms. The Hall–Kier alpha value is -0.780. The summed E-state index contributed by atoms with van der Waals surface area (Å²) < 4.78 is 38.0. The van der Waals surface area contributed by atoms with Crippen LogP contribution in [0.2, 0.25) is 0 Å². The Morgan fingerprint density at radius 2 is 2.06 bits per heavy atom. The fraction of sp³-hybridized carbons (Fsp3) is 0.545. The zero-order chi connectivity index (χ0) is 12.7. The number of nitrogens with one attached hydrogen (secondary N) is 1. The Labute approximate surface area is 106 Å². The van der Waals surface area contributed by atoms with Gasteiger partial charge >= 0.3 is 6.18 Å². The van der Waals surface area contributed by atoms with Gasteiger partial charge in [0.2, 0.25) is 0 Å². The molecule has 1 aromatic heterocycles. The molecule has 1 aromatic rings. The van der Waals surface area contributed by atoms with Gasteiger partial charge in [-0.1, -0.05) is 0 Å². The molecule has 6 heteroatoms. The Balaban J connectivity index is 2.25. The van der Waals surface area contributed by atoms with Gasteiger partial charge in [-0.15, -0.1) is 0 Å². The lowest BCUT2D eigenvalue weighted by Crippen LogP contribution is -2.41. The van der Waals surface area contributed by atoms with Crippen molar-refractivity contribution >= 4 is 21.7 Å². The van der Waals surface area contributed by atoms with Crippen LogP contribution < -0.4 is 5.32 Å². The number of anilines is 1. The van der Waals surface area contributed by atoms with Gasteiger partial charge in [0, 0.05) is 16.2 Å². The molecular weight excluding hydrogens is 297 g/mol. The number of rotatable bonds is 2. The summed E-state index contributed by atoms with van der Waals surface area (Å²) in [6.07, 6.45) is -0.143. The summed E-state index contributed by atoms with van der Waals surface area (Å²) in [5.74, 6) is 0.280. The average molecular weight is 309 g/mol. The van der Waals surface area contributed by atoms with Crippen LogP contribution in [0.5, 0.6) is 0 Å². The molecule has 0 aliphatic heterocycles. The molecule has 1 fully saturated rings. The maximum atomic E-state index is 12.7. The monoisotopic (exact) mass is 308 g/mol. The molecule has 2 rings (SSSR count). The number of nitrogens with zero attached hydrogens (tertiary/aromatic N) is 1. The molecule has 0 unspecified atom stereocenters. The van der Waals surface area contributed by atoms with Crippen molar-refractivity contribution in [2.24, 2.45) is 0 Å². The Bertz CT molecular complexity index is 427. The van der Waals surface area contributed by atoms with Crippen molar-refractivity contribution in [2.45, 2.75) is 37.9 Å². The second-order valence-electron chi connectivity index (χ2n) is 4.59. The van der Waals surface area contributed by atoms with Crippen molar-refractivity contribution < 1.29 is 13.2 Å². The molecule has 1 N–H and O–H groups in total. The third-order valence-electron chi connectivity index (χ3n) is 3.05. The fourth-order valence-electron chi connectivity index (χ4n) is 1.87. The summed E-state index contributed by atoms with van der Waals surface area (Å²) in [5, 5.41) is 3.06. The third kappa shape index (κ3) is 2.73. The van der Waals surface area contributed by atoms with Crippen LogP contribution in [0.25, 0.3) is 0 Å². The third-order valence-corrected chi connectivity index (χ3v) is 3.68. The van der Waals surface area contributed by atoms with Crippen LogP contribution in [-0.4, -0.2) is 10.5 Å². The first-order valence-corrected chi connectivity index (χ1v) is 6.10. The number of pyridine rings is 1. The number of hydrogen-bond acceptors (Lipinski definition) is 2. The van der Waals surface area contributed by atoms with Crippen LogP contribution in [0.15, 0.2) is 16.7 Å². The van der Waals surface area contributed by atoms with Gasteiger partial charge in [-0.3, -0.25) is 0 Å². The summed E-state index contributed by atoms with van der Waals surface area (Å²) in [5.41, 5.74) is -0.804. The van der Waals surface area contributed by atoms with Crippen LogP contribution in [0, 0.1) is 0 Å². The standard InChI is InChI=1S/C11H12BrF3N2/c1-10(3-2-4-10)17-9-5-7(11(13,14)15)8(12)6-16-9/h5-6H,2-4H2,1H3,(H,16,17). The lowest BCUT2D eigenvalue weighted by Gasteiger charge is -2.39. The molecule has 17 heavy (non-hydrogen) atoms. The van der Waals surface area contributed by atoms with Gasteiger partial charge in [-0.25, -0.2) is 4.98 Å². The number of alkyl halides is 3. The summed E-state index contributed by atoms with van der Waals surface area (Å²) in [6.45, 7) is 1.99. The predicted molar refractivity (Wildman–Crippen MR) is 62.8 cm³/mol. The van der Waals surface area contributed by atoms with Crippen LogP contribution in [-0.2, 0) is 6.18 Å². The van der Waals surface area contributed by atoms with Gasteiger partial charge < -0.3 is 5.32 Å². The zero-order valence-corrected chi connectivity index (χ0v) is 10.8. The lowest BCUT2D eigenvalue weighted by atomic mass is 9.78. The average Bonchev–Trinajstić information content (AvgIpc) is 2.17. The van der Waals surface area contributed by atoms with Crippen molar-refractivity contribution in [3.8, 4) is 0 Å². The Morgan fingerprint density at radius 3 is 2.53 bits per heavy atom. The molecule has 1 aliphatic rings. The topological polar surface area (TPSA) is 24.9 Å². The zero-order valence-electron chi connectivity index (χ0n) is 9.24. The van der Waals surface area contributed by atoms with Crippen molar-refractivity contribution in [1.29, 1.82) is 0 Å². The molecule has 94 valence electrons. The maximum Gasteiger partial charge on any atom is 0.417 e. The molecule has 1 heterocycles. The SMILES string of the molecule is CC1(Nc2cc(C(F)(F)F)c(Br)cn2)CCC1. The number of aromatic nitrogens is 1. The van der Waals surface area contributed by atoms with Crippen molar-refractivity contribution in [3.05, 3.63) is 22.3 Å². The van der Waals surface area contributed by atoms with Crippen LogP contribution in [0.4, 0.5) is 19.0 Å². The second-order valence-corrected chi connectivity index (χ2v) is 5.44. The molecule has 0 aromatic carbocycles. The molecule has 0 atom stereocenters. The molecule has 0 bridgehead atoms. The smallest absolute Gasteiger partial charge is 0.365 e. The highest BCUT2D eigenvalue weighted by Crippen LogP contribution is 2.38. The molecule has 0 radical (unpaired) electrons. The van der Waals surface area contributed by atoms with E-state index in [0.717, 1.165) is 25.3 Å². The maximum absolute atomic E-state index is 12.7. The minimum Gasteiger partial charge on any atom is -0.365 e. The highest BCUT2D eigenvalue weighted by atomic mass is 79.9. The number of halogens is 4. The van der Waals surface area contributed by atoms with Gasteiger partial charge in [-0.2, -0.15) is 13.2 Å². The van der Waals surface area contributed by atoms with Crippen LogP contribution >= 0.6 is 15.9 Å². The summed E-state index contributed by atoms with van der Waals surface area (Å²) in [6, 6.07) is 1.05. The van der Waals surface area contributed by atoms with Gasteiger partial charge in [0.25, 0.3) is 0 Å². The molecular formula is C11H12BrF3N2. The Morgan fingerprint density at radius 1 is 1.41 bits per heavy atom. The first-order chi connectivity index (χ1) is 7.80. The quantitative estimate of drug-likeness (QED) is 0.885. The van der Waals surface area contributed by atoms with E-state index in [1.54, 1.807) is 0 Å². The van der Waals surface area contributed by atoms with Crippen LogP contribution in [0.1, 0.15) is 31.7 Å². The van der Waals surface area contributed by atoms with E-state index in [2.05, 4.69) is 26.2 Å². The lowest BCUT2D eigenvalue weighted by molar-refractivity contribution is -0.138. The minimum absolute atomic E-state index is 0.0330. The van der Waals surface area contributed by atoms with Crippen molar-refractivity contribution in [2.75, 3.05) is 5.32 Å². The van der Waals surface area contributed by atoms with Crippen LogP contribution in [0.3, 0.4) is 0 Å². The van der Waals surface area contributed by atoms with Gasteiger partial charge in [-0.05, 0) is 48.2 Å². The van der Waals surface area contributed by atoms with E-state index < -0.39 is 11.7 Å². The predicted octanol–water partition coefficient (Wildman–Crippen LogP) is 4.22. The van der Waals surface area contributed by atoms with Crippen molar-refractivity contribution in [1.82, 2.24) is 4.98 Å². The summed E-state index contributed by atoms with van der Waals surface area (Å²) in [4.78, 5) is 3.96. The fourth-order valence-corrected chi connectivity index (χ4v) is 2.31. The minimum atomic E-state index is -4.36. The number of hydrogen-bond donors (Lipinski definition) is 1. The highest BCUT2D eigenvalue weighted by Gasteiger charge is 2.35. The van der Waals surface area contributed by atoms with Crippen molar-refractivity contribution in [3.63, 3.8) is 0 Å². The summed E-state index contributed by atoms with van der Waals surface area (Å²) >= 11 is 2.87. The molecule has 1 saturated carbocycles. The Kier molecular flexibility index (Phi) is 3.10. The van der Waals surface area contributed by atoms with Gasteiger partial charge in [0.1, 0.15) is 5.82 Å². The second kappa shape index (κ2) is 4.15. The normalized spacial score (nSPS) is 18.6. The van der Waals surface area contributed by atoms with E-state index in [1.165, 1.54) is 6.20 Å². The summed E-state index contributed by atoms with van der Waals surface area (Å²) in [7, 11) is 0. The molecule has 0 amide bonds. The van der Waals surface area contributed by atoms with E-state index in [1.807, 2.05) is 6.92 Å². The van der Waals surface area contributed by atoms with E-state index in [9.17, 15) is 13.2 Å². The van der Waals surface area contributed by atoms with E-state index in [4.69, 9.17) is 0 Å². The first kappa shape index (κ1) is 12.7. The first-order valence-electron chi connectivity index (χ1n) is 5.31. The van der Waals surface area contributed by atoms with E-state index >= 15 is 0 Å².